The van der Waals surface area contributed by atoms with Crippen molar-refractivity contribution in [1.29, 1.82) is 0 Å². The number of imide groups is 2. The van der Waals surface area contributed by atoms with Crippen LogP contribution in [0.5, 0.6) is 0 Å². The van der Waals surface area contributed by atoms with Crippen molar-refractivity contribution in [2.75, 3.05) is 9.80 Å². The number of benzene rings is 4. The quantitative estimate of drug-likeness (QED) is 0.152. The molecular weight excluding hydrogens is 681 g/mol. The highest BCUT2D eigenvalue weighted by molar-refractivity contribution is 6.37. The number of rotatable bonds is 2. The lowest BCUT2D eigenvalue weighted by Gasteiger charge is -2.50. The Morgan fingerprint density at radius 1 is 0.509 bits per heavy atom. The van der Waals surface area contributed by atoms with Gasteiger partial charge in [0.2, 0.25) is 5.91 Å². The summed E-state index contributed by atoms with van der Waals surface area (Å²) >= 11 is 0. The molecule has 4 unspecified atom stereocenters. The first-order valence-electron chi connectivity index (χ1n) is 19.5. The lowest BCUT2D eigenvalue weighted by molar-refractivity contribution is -0.130. The third-order valence-electron chi connectivity index (χ3n) is 12.8. The number of hydrogen-bond acceptors (Lipinski definition) is 4. The van der Waals surface area contributed by atoms with Gasteiger partial charge in [-0.25, -0.2) is 9.80 Å². The van der Waals surface area contributed by atoms with Crippen LogP contribution in [0.3, 0.4) is 0 Å². The number of hydrogen-bond donors (Lipinski definition) is 0. The molecule has 4 aromatic rings. The summed E-state index contributed by atoms with van der Waals surface area (Å²) in [5, 5.41) is 1.60. The van der Waals surface area contributed by atoms with Crippen LogP contribution in [0, 0.1) is 24.7 Å². The number of allylic oxidation sites excluding steroid dienone is 4. The third-order valence-corrected chi connectivity index (χ3v) is 12.8. The zero-order chi connectivity index (χ0) is 39.3. The highest BCUT2D eigenvalue weighted by Crippen LogP contribution is 2.59. The van der Waals surface area contributed by atoms with E-state index in [-0.39, 0.29) is 57.6 Å². The topological polar surface area (TPSA) is 74.8 Å². The van der Waals surface area contributed by atoms with Crippen LogP contribution in [-0.4, -0.2) is 23.6 Å². The molecule has 0 aromatic heterocycles. The Bertz CT molecular complexity index is 2540. The zero-order valence-corrected chi connectivity index (χ0v) is 33.4. The molecular formula is C49H48N2O4. The fraction of sp³-hybridized carbons (Fsp3) is 0.347. The number of carbonyl (C=O) groups excluding carboxylic acids is 4. The minimum absolute atomic E-state index is 0.134. The first kappa shape index (κ1) is 35.3. The molecule has 2 aliphatic heterocycles. The predicted molar refractivity (Wildman–Crippen MR) is 220 cm³/mol. The number of anilines is 2. The molecule has 0 radical (unpaired) electrons. The minimum Gasteiger partial charge on any atom is -0.273 e. The maximum atomic E-state index is 14.7. The van der Waals surface area contributed by atoms with Gasteiger partial charge in [0, 0.05) is 39.8 Å². The van der Waals surface area contributed by atoms with E-state index in [0.717, 1.165) is 44.3 Å². The maximum Gasteiger partial charge on any atom is 0.265 e. The minimum atomic E-state index is -0.501. The molecule has 4 atom stereocenters. The average Bonchev–Trinajstić information content (AvgIpc) is 3.11. The summed E-state index contributed by atoms with van der Waals surface area (Å²) in [5.74, 6) is -2.21. The van der Waals surface area contributed by atoms with Crippen molar-refractivity contribution in [3.63, 3.8) is 0 Å². The van der Waals surface area contributed by atoms with Gasteiger partial charge < -0.3 is 0 Å². The van der Waals surface area contributed by atoms with E-state index in [1.54, 1.807) is 0 Å². The van der Waals surface area contributed by atoms with Gasteiger partial charge in [0.15, 0.2) is 0 Å². The van der Waals surface area contributed by atoms with Gasteiger partial charge in [-0.05, 0) is 91.8 Å². The maximum absolute atomic E-state index is 14.7. The Morgan fingerprint density at radius 2 is 1.05 bits per heavy atom. The molecule has 6 heteroatoms. The highest BCUT2D eigenvalue weighted by Gasteiger charge is 2.55. The lowest BCUT2D eigenvalue weighted by atomic mass is 9.56. The van der Waals surface area contributed by atoms with E-state index in [0.29, 0.717) is 33.5 Å². The molecule has 9 rings (SSSR count). The largest absolute Gasteiger partial charge is 0.273 e. The van der Waals surface area contributed by atoms with Crippen molar-refractivity contribution in [2.24, 2.45) is 17.8 Å². The smallest absolute Gasteiger partial charge is 0.265 e. The molecule has 2 heterocycles. The normalized spacial score (nSPS) is 22.9. The highest BCUT2D eigenvalue weighted by atomic mass is 16.2. The van der Waals surface area contributed by atoms with E-state index in [1.165, 1.54) is 9.80 Å². The van der Waals surface area contributed by atoms with Gasteiger partial charge in [0.1, 0.15) is 0 Å². The van der Waals surface area contributed by atoms with Crippen LogP contribution < -0.4 is 9.80 Å². The molecule has 4 amide bonds. The van der Waals surface area contributed by atoms with Crippen LogP contribution in [0.25, 0.3) is 16.3 Å². The number of amides is 4. The third kappa shape index (κ3) is 4.92. The van der Waals surface area contributed by atoms with Gasteiger partial charge >= 0.3 is 0 Å². The van der Waals surface area contributed by atoms with Crippen molar-refractivity contribution in [3.8, 4) is 0 Å². The number of carbonyl (C=O) groups is 4. The summed E-state index contributed by atoms with van der Waals surface area (Å²) in [6.07, 6.45) is 8.09. The summed E-state index contributed by atoms with van der Waals surface area (Å²) < 4.78 is 0. The van der Waals surface area contributed by atoms with Crippen LogP contribution in [0.1, 0.15) is 122 Å². The SMILES string of the molecule is Cc1ccc(C(C)(C)C)cc1N1C(=O)C2=CC=C3c4ccc5c6c(ccc(c46)C4C=CC(C1=O)C2C34)C(=O)N(c1cc(C(C)(C)C)ccc1C(C)(C)C)C5=O. The average molecular weight is 729 g/mol. The van der Waals surface area contributed by atoms with Crippen LogP contribution >= 0.6 is 0 Å². The molecule has 3 aliphatic carbocycles. The summed E-state index contributed by atoms with van der Waals surface area (Å²) in [6.45, 7) is 21.1. The number of piperidine rings is 1. The Hall–Kier alpha value is -5.36. The van der Waals surface area contributed by atoms with Crippen molar-refractivity contribution < 1.29 is 19.2 Å². The summed E-state index contributed by atoms with van der Waals surface area (Å²) in [6, 6.07) is 20.1. The van der Waals surface area contributed by atoms with Gasteiger partial charge in [-0.2, -0.15) is 0 Å². The number of fused-ring (bicyclic) bond motifs is 2. The molecule has 0 N–H and O–H groups in total. The molecule has 6 nitrogen and oxygen atoms in total. The second kappa shape index (κ2) is 11.3. The molecule has 55 heavy (non-hydrogen) atoms. The molecule has 4 aromatic carbocycles. The van der Waals surface area contributed by atoms with E-state index in [2.05, 4.69) is 86.6 Å². The van der Waals surface area contributed by atoms with Crippen molar-refractivity contribution in [1.82, 2.24) is 0 Å². The Morgan fingerprint density at radius 3 is 1.69 bits per heavy atom. The van der Waals surface area contributed by atoms with Gasteiger partial charge in [0.25, 0.3) is 17.7 Å². The van der Waals surface area contributed by atoms with Gasteiger partial charge in [-0.1, -0.05) is 123 Å². The molecule has 1 fully saturated rings. The van der Waals surface area contributed by atoms with E-state index >= 15 is 0 Å². The molecule has 0 saturated carbocycles. The Labute approximate surface area is 323 Å². The Kier molecular flexibility index (Phi) is 7.29. The molecule has 0 bridgehead atoms. The molecule has 5 aliphatic rings. The molecule has 278 valence electrons. The number of nitrogens with zero attached hydrogens (tertiary/aromatic N) is 2. The predicted octanol–water partition coefficient (Wildman–Crippen LogP) is 10.3. The van der Waals surface area contributed by atoms with E-state index in [1.807, 2.05) is 67.6 Å². The van der Waals surface area contributed by atoms with Gasteiger partial charge in [-0.3, -0.25) is 19.2 Å². The van der Waals surface area contributed by atoms with Crippen LogP contribution in [0.4, 0.5) is 11.4 Å². The van der Waals surface area contributed by atoms with Crippen LogP contribution in [-0.2, 0) is 25.8 Å². The lowest BCUT2D eigenvalue weighted by Crippen LogP contribution is -2.55. The monoisotopic (exact) mass is 728 g/mol. The fourth-order valence-electron chi connectivity index (χ4n) is 9.81. The van der Waals surface area contributed by atoms with Crippen molar-refractivity contribution >= 4 is 51.3 Å². The standard InChI is InChI=1S/C49H48N2O4/c1-25-11-12-26(47(2,3)4)23-37(25)50-43(52)32-18-14-28-30-16-20-34-42-35(21-17-31(40(30)42)29-15-19-33(44(50)53)41(32)39(28)29)46(55)51(45(34)54)38-24-27(48(5,6)7)13-22-36(38)49(8,9)10/h11-24,28,32,39,41H,1-10H3. The van der Waals surface area contributed by atoms with Crippen molar-refractivity contribution in [3.05, 3.63) is 135 Å². The van der Waals surface area contributed by atoms with Crippen LogP contribution in [0.2, 0.25) is 0 Å². The van der Waals surface area contributed by atoms with Crippen LogP contribution in [0.15, 0.2) is 90.5 Å². The van der Waals surface area contributed by atoms with Gasteiger partial charge in [-0.15, -0.1) is 0 Å². The second-order valence-electron chi connectivity index (χ2n) is 19.3. The summed E-state index contributed by atoms with van der Waals surface area (Å²) in [7, 11) is 0. The Balaban J connectivity index is 1.19. The van der Waals surface area contributed by atoms with Gasteiger partial charge in [0.05, 0.1) is 17.3 Å². The fourth-order valence-corrected chi connectivity index (χ4v) is 9.81. The summed E-state index contributed by atoms with van der Waals surface area (Å²) in [4.78, 5) is 61.3. The molecule has 0 spiro atoms. The van der Waals surface area contributed by atoms with E-state index < -0.39 is 5.92 Å². The first-order chi connectivity index (χ1) is 25.8. The van der Waals surface area contributed by atoms with Crippen molar-refractivity contribution in [2.45, 2.75) is 91.4 Å². The van der Waals surface area contributed by atoms with E-state index in [9.17, 15) is 19.2 Å². The molecule has 1 saturated heterocycles. The summed E-state index contributed by atoms with van der Waals surface area (Å²) in [5.41, 5.74) is 9.22. The number of aryl methyl sites for hydroxylation is 1. The van der Waals surface area contributed by atoms with E-state index in [4.69, 9.17) is 0 Å². The second-order valence-corrected chi connectivity index (χ2v) is 19.3. The first-order valence-corrected chi connectivity index (χ1v) is 19.5. The zero-order valence-electron chi connectivity index (χ0n) is 33.4.